The van der Waals surface area contributed by atoms with Gasteiger partial charge in [0.05, 0.1) is 6.61 Å². The van der Waals surface area contributed by atoms with Gasteiger partial charge in [0.15, 0.2) is 0 Å². The van der Waals surface area contributed by atoms with Crippen LogP contribution in [0.15, 0.2) is 0 Å². The molecule has 0 atom stereocenters. The molecule has 0 spiro atoms. The Labute approximate surface area is 81.2 Å². The van der Waals surface area contributed by atoms with Gasteiger partial charge in [0.1, 0.15) is 0 Å². The topological polar surface area (TPSA) is 38.5 Å². The Bertz CT molecular complexity index is 131. The SMILES string of the molecule is CC(C)CN1CCC(CON)CC1. The van der Waals surface area contributed by atoms with Crippen molar-refractivity contribution in [1.82, 2.24) is 4.90 Å². The third kappa shape index (κ3) is 4.07. The third-order valence-corrected chi connectivity index (χ3v) is 2.66. The number of hydrogen-bond donors (Lipinski definition) is 1. The second-order valence-electron chi connectivity index (χ2n) is 4.47. The van der Waals surface area contributed by atoms with Crippen LogP contribution in [0.5, 0.6) is 0 Å². The van der Waals surface area contributed by atoms with Gasteiger partial charge < -0.3 is 9.74 Å². The van der Waals surface area contributed by atoms with Gasteiger partial charge in [-0.3, -0.25) is 0 Å². The number of piperidine rings is 1. The molecule has 0 bridgehead atoms. The first-order chi connectivity index (χ1) is 6.22. The lowest BCUT2D eigenvalue weighted by Crippen LogP contribution is -2.37. The van der Waals surface area contributed by atoms with Gasteiger partial charge >= 0.3 is 0 Å². The van der Waals surface area contributed by atoms with Crippen molar-refractivity contribution in [1.29, 1.82) is 0 Å². The van der Waals surface area contributed by atoms with E-state index in [1.54, 1.807) is 0 Å². The highest BCUT2D eigenvalue weighted by molar-refractivity contribution is 4.72. The molecule has 78 valence electrons. The Morgan fingerprint density at radius 3 is 2.46 bits per heavy atom. The lowest BCUT2D eigenvalue weighted by Gasteiger charge is -2.32. The molecule has 0 aromatic heterocycles. The summed E-state index contributed by atoms with van der Waals surface area (Å²) in [5.74, 6) is 6.53. The highest BCUT2D eigenvalue weighted by Crippen LogP contribution is 2.17. The van der Waals surface area contributed by atoms with E-state index < -0.39 is 0 Å². The highest BCUT2D eigenvalue weighted by atomic mass is 16.6. The van der Waals surface area contributed by atoms with Crippen LogP contribution in [-0.4, -0.2) is 31.1 Å². The summed E-state index contributed by atoms with van der Waals surface area (Å²) >= 11 is 0. The standard InChI is InChI=1S/C10H22N2O/c1-9(2)7-12-5-3-10(4-6-12)8-13-11/h9-10H,3-8,11H2,1-2H3. The van der Waals surface area contributed by atoms with Crippen molar-refractivity contribution in [2.75, 3.05) is 26.2 Å². The molecule has 1 aliphatic rings. The maximum absolute atomic E-state index is 5.06. The average molecular weight is 186 g/mol. The molecule has 0 aromatic rings. The maximum atomic E-state index is 5.06. The fraction of sp³-hybridized carbons (Fsp3) is 1.00. The normalized spacial score (nSPS) is 21.2. The number of rotatable bonds is 4. The molecule has 1 aliphatic heterocycles. The number of likely N-dealkylation sites (tertiary alicyclic amines) is 1. The van der Waals surface area contributed by atoms with Crippen LogP contribution in [0.3, 0.4) is 0 Å². The fourth-order valence-corrected chi connectivity index (χ4v) is 1.99. The zero-order chi connectivity index (χ0) is 9.68. The van der Waals surface area contributed by atoms with Crippen LogP contribution in [-0.2, 0) is 4.84 Å². The second-order valence-corrected chi connectivity index (χ2v) is 4.47. The van der Waals surface area contributed by atoms with E-state index in [0.717, 1.165) is 12.5 Å². The Morgan fingerprint density at radius 2 is 2.00 bits per heavy atom. The van der Waals surface area contributed by atoms with E-state index in [1.165, 1.54) is 32.5 Å². The van der Waals surface area contributed by atoms with E-state index in [0.29, 0.717) is 5.92 Å². The summed E-state index contributed by atoms with van der Waals surface area (Å²) in [4.78, 5) is 7.22. The molecule has 3 nitrogen and oxygen atoms in total. The van der Waals surface area contributed by atoms with Crippen LogP contribution in [0.25, 0.3) is 0 Å². The lowest BCUT2D eigenvalue weighted by atomic mass is 9.97. The minimum atomic E-state index is 0.688. The van der Waals surface area contributed by atoms with E-state index in [-0.39, 0.29) is 0 Å². The largest absolute Gasteiger partial charge is 0.304 e. The van der Waals surface area contributed by atoms with Gasteiger partial charge in [0.25, 0.3) is 0 Å². The Hall–Kier alpha value is -0.120. The highest BCUT2D eigenvalue weighted by Gasteiger charge is 2.19. The van der Waals surface area contributed by atoms with E-state index >= 15 is 0 Å². The van der Waals surface area contributed by atoms with Crippen LogP contribution < -0.4 is 5.90 Å². The zero-order valence-electron chi connectivity index (χ0n) is 8.83. The van der Waals surface area contributed by atoms with Crippen LogP contribution in [0.1, 0.15) is 26.7 Å². The van der Waals surface area contributed by atoms with Crippen molar-refractivity contribution in [2.45, 2.75) is 26.7 Å². The molecular weight excluding hydrogens is 164 g/mol. The molecule has 2 N–H and O–H groups in total. The van der Waals surface area contributed by atoms with Gasteiger partial charge in [-0.25, -0.2) is 5.90 Å². The van der Waals surface area contributed by atoms with Crippen LogP contribution in [0.2, 0.25) is 0 Å². The molecule has 0 radical (unpaired) electrons. The molecule has 0 saturated carbocycles. The van der Waals surface area contributed by atoms with Crippen molar-refractivity contribution in [3.05, 3.63) is 0 Å². The predicted octanol–water partition coefficient (Wildman–Crippen LogP) is 1.24. The summed E-state index contributed by atoms with van der Waals surface area (Å²) < 4.78 is 0. The Kier molecular flexibility index (Phi) is 4.70. The van der Waals surface area contributed by atoms with Crippen LogP contribution in [0.4, 0.5) is 0 Å². The predicted molar refractivity (Wildman–Crippen MR) is 54.1 cm³/mol. The zero-order valence-corrected chi connectivity index (χ0v) is 8.83. The first-order valence-corrected chi connectivity index (χ1v) is 5.26. The molecule has 0 amide bonds. The summed E-state index contributed by atoms with van der Waals surface area (Å²) in [6.07, 6.45) is 2.48. The van der Waals surface area contributed by atoms with Crippen LogP contribution in [0, 0.1) is 11.8 Å². The molecule has 0 unspecified atom stereocenters. The van der Waals surface area contributed by atoms with Crippen molar-refractivity contribution in [3.63, 3.8) is 0 Å². The molecule has 0 aromatic carbocycles. The Balaban J connectivity index is 2.15. The van der Waals surface area contributed by atoms with E-state index in [9.17, 15) is 0 Å². The van der Waals surface area contributed by atoms with E-state index in [1.807, 2.05) is 0 Å². The second kappa shape index (κ2) is 5.58. The van der Waals surface area contributed by atoms with E-state index in [4.69, 9.17) is 5.90 Å². The molecule has 1 heterocycles. The van der Waals surface area contributed by atoms with Gasteiger partial charge in [0.2, 0.25) is 0 Å². The molecule has 13 heavy (non-hydrogen) atoms. The summed E-state index contributed by atoms with van der Waals surface area (Å²) in [5, 5.41) is 0. The summed E-state index contributed by atoms with van der Waals surface area (Å²) in [6, 6.07) is 0. The summed E-state index contributed by atoms with van der Waals surface area (Å²) in [5.41, 5.74) is 0. The fourth-order valence-electron chi connectivity index (χ4n) is 1.99. The minimum Gasteiger partial charge on any atom is -0.304 e. The molecular formula is C10H22N2O. The van der Waals surface area contributed by atoms with Gasteiger partial charge in [0, 0.05) is 6.54 Å². The maximum Gasteiger partial charge on any atom is 0.0708 e. The number of nitrogens with two attached hydrogens (primary N) is 1. The first-order valence-electron chi connectivity index (χ1n) is 5.26. The van der Waals surface area contributed by atoms with Crippen molar-refractivity contribution >= 4 is 0 Å². The van der Waals surface area contributed by atoms with Gasteiger partial charge in [-0.15, -0.1) is 0 Å². The first kappa shape index (κ1) is 11.0. The van der Waals surface area contributed by atoms with Gasteiger partial charge in [-0.1, -0.05) is 13.8 Å². The number of hydrogen-bond acceptors (Lipinski definition) is 3. The average Bonchev–Trinajstić information content (AvgIpc) is 2.08. The number of nitrogens with zero attached hydrogens (tertiary/aromatic N) is 1. The van der Waals surface area contributed by atoms with Crippen molar-refractivity contribution in [2.24, 2.45) is 17.7 Å². The quantitative estimate of drug-likeness (QED) is 0.671. The van der Waals surface area contributed by atoms with Crippen LogP contribution >= 0.6 is 0 Å². The van der Waals surface area contributed by atoms with Crippen molar-refractivity contribution in [3.8, 4) is 0 Å². The van der Waals surface area contributed by atoms with E-state index in [2.05, 4.69) is 23.6 Å². The molecule has 1 saturated heterocycles. The molecule has 3 heteroatoms. The van der Waals surface area contributed by atoms with Gasteiger partial charge in [-0.05, 0) is 37.8 Å². The lowest BCUT2D eigenvalue weighted by molar-refractivity contribution is 0.0648. The molecule has 1 fully saturated rings. The van der Waals surface area contributed by atoms with Gasteiger partial charge in [-0.2, -0.15) is 0 Å². The smallest absolute Gasteiger partial charge is 0.0708 e. The summed E-state index contributed by atoms with van der Waals surface area (Å²) in [6.45, 7) is 8.94. The molecule has 0 aliphatic carbocycles. The third-order valence-electron chi connectivity index (χ3n) is 2.66. The Morgan fingerprint density at radius 1 is 1.38 bits per heavy atom. The molecule has 1 rings (SSSR count). The minimum absolute atomic E-state index is 0.688. The van der Waals surface area contributed by atoms with Crippen molar-refractivity contribution < 1.29 is 4.84 Å². The monoisotopic (exact) mass is 186 g/mol. The summed E-state index contributed by atoms with van der Waals surface area (Å²) in [7, 11) is 0.